The summed E-state index contributed by atoms with van der Waals surface area (Å²) in [6, 6.07) is 11.7. The molecular weight excluding hydrogens is 662 g/mol. The number of benzene rings is 4. The van der Waals surface area contributed by atoms with Crippen LogP contribution in [-0.2, 0) is 25.0 Å². The Hall–Kier alpha value is -5.21. The maximum absolute atomic E-state index is 12.3. The van der Waals surface area contributed by atoms with Crippen molar-refractivity contribution in [3.63, 3.8) is 0 Å². The number of rotatable bonds is 12. The van der Waals surface area contributed by atoms with Crippen LogP contribution in [0.4, 0.5) is 28.4 Å². The zero-order valence-electron chi connectivity index (χ0n) is 24.8. The van der Waals surface area contributed by atoms with Gasteiger partial charge in [-0.05, 0) is 47.9 Å². The van der Waals surface area contributed by atoms with Crippen LogP contribution in [0.2, 0.25) is 0 Å². The van der Waals surface area contributed by atoms with Crippen LogP contribution in [0.5, 0.6) is 23.0 Å². The van der Waals surface area contributed by atoms with Crippen LogP contribution in [0, 0.1) is 0 Å². The zero-order valence-corrected chi connectivity index (χ0v) is 26.4. The van der Waals surface area contributed by atoms with E-state index in [1.54, 1.807) is 24.3 Å². The van der Waals surface area contributed by atoms with Crippen LogP contribution in [0.25, 0.3) is 10.8 Å². The van der Waals surface area contributed by atoms with Crippen LogP contribution in [0.3, 0.4) is 0 Å². The molecule has 0 bridgehead atoms. The molecule has 0 saturated heterocycles. The van der Waals surface area contributed by atoms with Gasteiger partial charge in [0.05, 0.1) is 37.1 Å². The molecule has 0 spiro atoms. The minimum atomic E-state index is -5.13. The molecule has 248 valence electrons. The summed E-state index contributed by atoms with van der Waals surface area (Å²) in [7, 11) is -7.34. The topological polar surface area (TPSA) is 255 Å². The Morgan fingerprint density at radius 3 is 1.94 bits per heavy atom. The lowest BCUT2D eigenvalue weighted by atomic mass is 10.1. The van der Waals surface area contributed by atoms with Gasteiger partial charge in [-0.15, -0.1) is 15.3 Å². The number of aromatic hydroxyl groups is 1. The quantitative estimate of drug-likeness (QED) is 0.0948. The number of carbonyl (C=O) groups excluding carboxylic acids is 1. The summed E-state index contributed by atoms with van der Waals surface area (Å²) in [6.07, 6.45) is 0. The van der Waals surface area contributed by atoms with Gasteiger partial charge in [0.15, 0.2) is 5.75 Å². The first-order valence-electron chi connectivity index (χ1n) is 13.2. The number of anilines is 1. The number of hydrogen-bond donors (Lipinski definition) is 5. The highest BCUT2D eigenvalue weighted by Crippen LogP contribution is 2.46. The van der Waals surface area contributed by atoms with Crippen molar-refractivity contribution in [2.24, 2.45) is 20.5 Å². The number of azo groups is 2. The number of nitrogens with zero attached hydrogens (tertiary/aromatic N) is 4. The van der Waals surface area contributed by atoms with E-state index < -0.39 is 47.4 Å². The first-order valence-corrected chi connectivity index (χ1v) is 16.0. The predicted octanol–water partition coefficient (Wildman–Crippen LogP) is 5.22. The van der Waals surface area contributed by atoms with Gasteiger partial charge >= 0.3 is 0 Å². The largest absolute Gasteiger partial charge is 0.505 e. The van der Waals surface area contributed by atoms with Crippen LogP contribution < -0.4 is 19.5 Å². The molecule has 0 aliphatic carbocycles. The molecule has 0 aliphatic rings. The molecule has 4 aromatic carbocycles. The Kier molecular flexibility index (Phi) is 10.4. The molecule has 0 aromatic heterocycles. The van der Waals surface area contributed by atoms with Gasteiger partial charge in [0.1, 0.15) is 45.8 Å². The number of fused-ring (bicyclic) bond motifs is 1. The van der Waals surface area contributed by atoms with Gasteiger partial charge < -0.3 is 29.7 Å². The Balaban J connectivity index is 1.83. The summed E-state index contributed by atoms with van der Waals surface area (Å²) in [5.41, 5.74) is -0.482. The normalized spacial score (nSPS) is 12.1. The molecule has 0 fully saturated rings. The fraction of sp³-hybridized carbons (Fsp3) is 0.179. The van der Waals surface area contributed by atoms with Gasteiger partial charge in [-0.3, -0.25) is 13.9 Å². The molecule has 19 heteroatoms. The summed E-state index contributed by atoms with van der Waals surface area (Å²) in [5.74, 6) is -0.890. The second-order valence-electron chi connectivity index (χ2n) is 9.43. The fourth-order valence-corrected chi connectivity index (χ4v) is 5.40. The van der Waals surface area contributed by atoms with Gasteiger partial charge in [0.25, 0.3) is 20.2 Å². The molecule has 4 rings (SSSR count). The number of aliphatic hydroxyl groups excluding tert-OH is 1. The monoisotopic (exact) mass is 689 g/mol. The molecule has 0 unspecified atom stereocenters. The maximum atomic E-state index is 12.3. The van der Waals surface area contributed by atoms with Crippen molar-refractivity contribution in [1.82, 2.24) is 0 Å². The van der Waals surface area contributed by atoms with Crippen LogP contribution in [0.1, 0.15) is 6.92 Å². The van der Waals surface area contributed by atoms with Gasteiger partial charge in [-0.2, -0.15) is 21.9 Å². The van der Waals surface area contributed by atoms with E-state index in [0.717, 1.165) is 25.1 Å². The number of phenols is 1. The molecule has 4 aromatic rings. The third kappa shape index (κ3) is 8.15. The van der Waals surface area contributed by atoms with E-state index >= 15 is 0 Å². The molecule has 47 heavy (non-hydrogen) atoms. The van der Waals surface area contributed by atoms with Crippen LogP contribution >= 0.6 is 0 Å². The highest BCUT2D eigenvalue weighted by atomic mass is 32.2. The summed E-state index contributed by atoms with van der Waals surface area (Å²) >= 11 is 0. The van der Waals surface area contributed by atoms with E-state index in [1.807, 2.05) is 0 Å². The summed E-state index contributed by atoms with van der Waals surface area (Å²) in [4.78, 5) is 10.1. The first kappa shape index (κ1) is 34.7. The van der Waals surface area contributed by atoms with E-state index in [2.05, 4.69) is 25.8 Å². The third-order valence-corrected chi connectivity index (χ3v) is 7.92. The average molecular weight is 690 g/mol. The Labute approximate surface area is 267 Å². The minimum absolute atomic E-state index is 0.0433. The highest BCUT2D eigenvalue weighted by molar-refractivity contribution is 7.86. The summed E-state index contributed by atoms with van der Waals surface area (Å²) in [6.45, 7) is 1.09. The lowest BCUT2D eigenvalue weighted by Crippen LogP contribution is -2.08. The maximum Gasteiger partial charge on any atom is 0.296 e. The van der Waals surface area contributed by atoms with E-state index in [9.17, 15) is 35.8 Å². The minimum Gasteiger partial charge on any atom is -0.505 e. The zero-order chi connectivity index (χ0) is 34.5. The number of ether oxygens (including phenoxy) is 3. The number of methoxy groups -OCH3 is 2. The molecule has 1 amide bonds. The van der Waals surface area contributed by atoms with Crippen LogP contribution in [0.15, 0.2) is 84.8 Å². The van der Waals surface area contributed by atoms with Gasteiger partial charge in [0.2, 0.25) is 5.91 Å². The average Bonchev–Trinajstić information content (AvgIpc) is 3.01. The second-order valence-corrected chi connectivity index (χ2v) is 12.2. The number of phenolic OH excluding ortho intramolecular Hbond substituents is 1. The highest BCUT2D eigenvalue weighted by Gasteiger charge is 2.26. The molecule has 0 radical (unpaired) electrons. The third-order valence-electron chi connectivity index (χ3n) is 6.22. The van der Waals surface area contributed by atoms with Crippen molar-refractivity contribution in [2.75, 3.05) is 32.8 Å². The molecule has 0 aliphatic heterocycles. The van der Waals surface area contributed by atoms with Gasteiger partial charge in [0, 0.05) is 24.4 Å². The summed E-state index contributed by atoms with van der Waals surface area (Å²) < 4.78 is 84.0. The van der Waals surface area contributed by atoms with E-state index in [4.69, 9.17) is 19.3 Å². The molecule has 0 atom stereocenters. The first-order chi connectivity index (χ1) is 22.2. The smallest absolute Gasteiger partial charge is 0.296 e. The summed E-state index contributed by atoms with van der Waals surface area (Å²) in [5, 5.41) is 38.0. The van der Waals surface area contributed by atoms with Crippen molar-refractivity contribution < 1.29 is 55.2 Å². The fourth-order valence-electron chi connectivity index (χ4n) is 4.20. The SMILES string of the molecule is COc1cc(N=Nc2c(S(=O)(=O)O)cc3cc(S(=O)(=O)O)cc(NC(C)=O)c3c2O)c(OC)cc1N=Nc1ccc(OCCO)cc1. The number of amides is 1. The molecule has 17 nitrogen and oxygen atoms in total. The van der Waals surface area contributed by atoms with Gasteiger partial charge in [-0.25, -0.2) is 0 Å². The Morgan fingerprint density at radius 2 is 1.43 bits per heavy atom. The van der Waals surface area contributed by atoms with Crippen LogP contribution in [-0.4, -0.2) is 69.5 Å². The van der Waals surface area contributed by atoms with E-state index in [1.165, 1.54) is 26.4 Å². The lowest BCUT2D eigenvalue weighted by molar-refractivity contribution is -0.114. The van der Waals surface area contributed by atoms with Crippen molar-refractivity contribution >= 4 is 65.4 Å². The number of carbonyl (C=O) groups is 1. The van der Waals surface area contributed by atoms with Crippen molar-refractivity contribution in [2.45, 2.75) is 16.7 Å². The second kappa shape index (κ2) is 14.1. The van der Waals surface area contributed by atoms with Crippen molar-refractivity contribution in [3.8, 4) is 23.0 Å². The Morgan fingerprint density at radius 1 is 0.830 bits per heavy atom. The van der Waals surface area contributed by atoms with Crippen molar-refractivity contribution in [3.05, 3.63) is 54.6 Å². The molecular formula is C28H27N5O12S2. The number of aliphatic hydroxyl groups is 1. The predicted molar refractivity (Wildman–Crippen MR) is 166 cm³/mol. The molecule has 0 heterocycles. The molecule has 5 N–H and O–H groups in total. The van der Waals surface area contributed by atoms with E-state index in [0.29, 0.717) is 11.4 Å². The number of hydrogen-bond acceptors (Lipinski definition) is 14. The molecule has 0 saturated carbocycles. The van der Waals surface area contributed by atoms with E-state index in [-0.39, 0.29) is 52.5 Å². The van der Waals surface area contributed by atoms with Crippen molar-refractivity contribution in [1.29, 1.82) is 0 Å². The standard InChI is InChI=1S/C28H27N5O12S2/c1-15(35)29-22-12-19(46(37,38)39)10-16-11-25(47(40,41)42)27(28(36)26(16)22)33-32-21-14-23(43-2)20(13-24(21)44-3)31-30-17-4-6-18(7-5-17)45-9-8-34/h4-7,10-14,34,36H,8-9H2,1-3H3,(H,29,35)(H,37,38,39)(H,40,41,42). The van der Waals surface area contributed by atoms with Gasteiger partial charge in [-0.1, -0.05) is 0 Å². The lowest BCUT2D eigenvalue weighted by Gasteiger charge is -2.14. The number of nitrogens with one attached hydrogen (secondary N) is 1. The Bertz CT molecular complexity index is 2120.